The topological polar surface area (TPSA) is 139 Å². The zero-order valence-electron chi connectivity index (χ0n) is 41.8. The summed E-state index contributed by atoms with van der Waals surface area (Å²) in [6.45, 7) is 31.3. The Morgan fingerprint density at radius 2 is 1.08 bits per heavy atom. The zero-order chi connectivity index (χ0) is 46.8. The highest BCUT2D eigenvalue weighted by atomic mass is 16.2. The molecule has 0 radical (unpaired) electrons. The average Bonchev–Trinajstić information content (AvgIpc) is 4.01. The van der Waals surface area contributed by atoms with E-state index in [4.69, 9.17) is 0 Å². The Bertz CT molecular complexity index is 1290. The molecule has 0 aromatic heterocycles. The quantitative estimate of drug-likeness (QED) is 0.149. The van der Waals surface area contributed by atoms with Crippen molar-refractivity contribution >= 4 is 34.9 Å². The van der Waals surface area contributed by atoms with Crippen molar-refractivity contribution in [3.8, 4) is 0 Å². The van der Waals surface area contributed by atoms with Crippen LogP contribution in [0.25, 0.3) is 0 Å². The monoisotopic (exact) mass is 875 g/mol. The van der Waals surface area contributed by atoms with Crippen LogP contribution in [0.15, 0.2) is 0 Å². The second-order valence-electron chi connectivity index (χ2n) is 20.2. The zero-order valence-corrected chi connectivity index (χ0v) is 41.8. The highest BCUT2D eigenvalue weighted by Crippen LogP contribution is 2.17. The smallest absolute Gasteiger partial charge is 0.225 e. The van der Waals surface area contributed by atoms with Gasteiger partial charge in [-0.1, -0.05) is 69.2 Å². The van der Waals surface area contributed by atoms with Crippen molar-refractivity contribution in [2.24, 2.45) is 41.4 Å². The minimum Gasteiger partial charge on any atom is -0.343 e. The Hall–Kier alpha value is -2.54. The Morgan fingerprint density at radius 1 is 0.597 bits per heavy atom. The minimum absolute atomic E-state index is 0.125. The van der Waals surface area contributed by atoms with Gasteiger partial charge < -0.3 is 30.2 Å². The summed E-state index contributed by atoms with van der Waals surface area (Å²) >= 11 is 0. The van der Waals surface area contributed by atoms with Crippen molar-refractivity contribution in [1.82, 2.24) is 30.2 Å². The van der Waals surface area contributed by atoms with E-state index in [1.165, 1.54) is 32.4 Å². The number of carbonyl (C=O) groups excluding carboxylic acids is 6. The van der Waals surface area contributed by atoms with Gasteiger partial charge in [0.15, 0.2) is 0 Å². The molecule has 0 bridgehead atoms. The number of ketones is 4. The summed E-state index contributed by atoms with van der Waals surface area (Å²) in [4.78, 5) is 76.5. The van der Waals surface area contributed by atoms with Crippen molar-refractivity contribution in [3.05, 3.63) is 0 Å². The number of nitrogens with one attached hydrogen (secondary N) is 2. The third-order valence-corrected chi connectivity index (χ3v) is 12.8. The van der Waals surface area contributed by atoms with Gasteiger partial charge in [0.25, 0.3) is 0 Å². The van der Waals surface area contributed by atoms with Crippen molar-refractivity contribution in [3.63, 3.8) is 0 Å². The maximum Gasteiger partial charge on any atom is 0.225 e. The van der Waals surface area contributed by atoms with Crippen molar-refractivity contribution in [2.75, 3.05) is 86.1 Å². The standard InChI is InChI=1S/C11H22N2O.C11H19NO2.C11H21NO.C9H17NO.C8H15NO/c1-9(2)11(14)13(4)10-5-7-12(3)8-6-10;1-9(2)10(13)5-3-7-12-8-4-6-11(12)14;1-10(2)11(13)6-5-9-12-7-3-4-8-12;1-7(2)9(11)5-8-3-4-10-6-8;1-6(2)8(10)3-7-4-9-5-7/h9-10H,5-8H2,1-4H3;9H,3-8H2,1-2H3;10H,3-9H2,1-2H3;7-8,10H,3-6H2,1-2H3;6-7,9H,3-5H2,1-2H3. The van der Waals surface area contributed by atoms with Gasteiger partial charge in [-0.05, 0) is 129 Å². The molecule has 1 unspecified atom stereocenters. The van der Waals surface area contributed by atoms with E-state index in [0.717, 1.165) is 110 Å². The lowest BCUT2D eigenvalue weighted by Crippen LogP contribution is -2.45. The van der Waals surface area contributed by atoms with Crippen molar-refractivity contribution in [2.45, 2.75) is 159 Å². The molecule has 5 aliphatic heterocycles. The molecule has 5 rings (SSSR count). The molecule has 5 heterocycles. The first-order valence-corrected chi connectivity index (χ1v) is 24.7. The van der Waals surface area contributed by atoms with E-state index in [1.54, 1.807) is 0 Å². The van der Waals surface area contributed by atoms with Gasteiger partial charge >= 0.3 is 0 Å². The minimum atomic E-state index is 0.125. The van der Waals surface area contributed by atoms with Crippen LogP contribution in [0.5, 0.6) is 0 Å². The van der Waals surface area contributed by atoms with Crippen molar-refractivity contribution in [1.29, 1.82) is 0 Å². The van der Waals surface area contributed by atoms with Gasteiger partial charge in [-0.25, -0.2) is 0 Å². The first kappa shape index (κ1) is 57.5. The second-order valence-corrected chi connectivity index (χ2v) is 20.2. The molecule has 5 fully saturated rings. The number of amides is 2. The summed E-state index contributed by atoms with van der Waals surface area (Å²) in [5.74, 6) is 4.24. The molecule has 5 saturated heterocycles. The number of hydrogen-bond donors (Lipinski definition) is 2. The third kappa shape index (κ3) is 25.1. The molecule has 360 valence electrons. The van der Waals surface area contributed by atoms with Crippen LogP contribution in [-0.4, -0.2) is 147 Å². The number of nitrogens with zero attached hydrogens (tertiary/aromatic N) is 4. The normalized spacial score (nSPS) is 19.6. The first-order chi connectivity index (χ1) is 29.2. The number of rotatable bonds is 18. The molecule has 1 atom stereocenters. The lowest BCUT2D eigenvalue weighted by molar-refractivity contribution is -0.136. The lowest BCUT2D eigenvalue weighted by Gasteiger charge is -2.35. The molecule has 12 nitrogen and oxygen atoms in total. The Balaban J connectivity index is 0.000000390. The summed E-state index contributed by atoms with van der Waals surface area (Å²) < 4.78 is 0. The van der Waals surface area contributed by atoms with Crippen molar-refractivity contribution < 1.29 is 28.8 Å². The summed E-state index contributed by atoms with van der Waals surface area (Å²) in [6, 6.07) is 0.459. The molecule has 12 heteroatoms. The second kappa shape index (κ2) is 32.2. The average molecular weight is 875 g/mol. The number of piperidine rings is 1. The Labute approximate surface area is 379 Å². The molecule has 0 spiro atoms. The largest absolute Gasteiger partial charge is 0.343 e. The van der Waals surface area contributed by atoms with E-state index in [-0.39, 0.29) is 41.4 Å². The van der Waals surface area contributed by atoms with Gasteiger partial charge in [-0.15, -0.1) is 0 Å². The van der Waals surface area contributed by atoms with E-state index >= 15 is 0 Å². The van der Waals surface area contributed by atoms with Crippen LogP contribution < -0.4 is 10.6 Å². The Morgan fingerprint density at radius 3 is 1.48 bits per heavy atom. The predicted molar refractivity (Wildman–Crippen MR) is 254 cm³/mol. The highest BCUT2D eigenvalue weighted by Gasteiger charge is 2.25. The van der Waals surface area contributed by atoms with Crippen LogP contribution in [0.4, 0.5) is 0 Å². The summed E-state index contributed by atoms with van der Waals surface area (Å²) in [5, 5.41) is 6.42. The van der Waals surface area contributed by atoms with Gasteiger partial charge in [-0.3, -0.25) is 28.8 Å². The molecule has 0 aromatic rings. The molecule has 2 N–H and O–H groups in total. The third-order valence-electron chi connectivity index (χ3n) is 12.8. The van der Waals surface area contributed by atoms with E-state index in [1.807, 2.05) is 86.1 Å². The molecule has 0 aliphatic carbocycles. The Kier molecular flexibility index (Phi) is 29.8. The highest BCUT2D eigenvalue weighted by molar-refractivity contribution is 5.82. The van der Waals surface area contributed by atoms with Crippen LogP contribution in [-0.2, 0) is 28.8 Å². The summed E-state index contributed by atoms with van der Waals surface area (Å²) in [7, 11) is 4.08. The van der Waals surface area contributed by atoms with Gasteiger partial charge in [0.1, 0.15) is 23.1 Å². The number of hydrogen-bond acceptors (Lipinski definition) is 10. The fraction of sp³-hybridized carbons (Fsp3) is 0.880. The van der Waals surface area contributed by atoms with Crippen LogP contribution in [0, 0.1) is 41.4 Å². The number of Topliss-reactive ketones (excluding diaryl/α,β-unsaturated/α-hetero) is 4. The molecule has 2 amide bonds. The van der Waals surface area contributed by atoms with Crippen LogP contribution >= 0.6 is 0 Å². The SMILES string of the molecule is CC(C)C(=O)CC1CCNC1.CC(C)C(=O)CC1CNC1.CC(C)C(=O)CCCN1CCCC1.CC(C)C(=O)CCCN1CCCC1=O.CC(C)C(=O)N(C)C1CCN(C)CC1. The van der Waals surface area contributed by atoms with E-state index < -0.39 is 0 Å². The molecule has 0 aromatic carbocycles. The summed E-state index contributed by atoms with van der Waals surface area (Å²) in [6.07, 6.45) is 12.6. The lowest BCUT2D eigenvalue weighted by atomic mass is 9.92. The van der Waals surface area contributed by atoms with Crippen LogP contribution in [0.1, 0.15) is 153 Å². The van der Waals surface area contributed by atoms with Gasteiger partial charge in [0, 0.05) is 87.9 Å². The van der Waals surface area contributed by atoms with E-state index in [0.29, 0.717) is 53.9 Å². The summed E-state index contributed by atoms with van der Waals surface area (Å²) in [5.41, 5.74) is 0. The molecule has 62 heavy (non-hydrogen) atoms. The van der Waals surface area contributed by atoms with Gasteiger partial charge in [0.2, 0.25) is 11.8 Å². The number of likely N-dealkylation sites (tertiary alicyclic amines) is 3. The maximum atomic E-state index is 11.7. The fourth-order valence-electron chi connectivity index (χ4n) is 7.84. The fourth-order valence-corrected chi connectivity index (χ4v) is 7.84. The van der Waals surface area contributed by atoms with Gasteiger partial charge in [0.05, 0.1) is 0 Å². The van der Waals surface area contributed by atoms with Crippen LogP contribution in [0.3, 0.4) is 0 Å². The van der Waals surface area contributed by atoms with Crippen LogP contribution in [0.2, 0.25) is 0 Å². The van der Waals surface area contributed by atoms with E-state index in [9.17, 15) is 28.8 Å². The first-order valence-electron chi connectivity index (χ1n) is 24.7. The molecular weight excluding hydrogens is 781 g/mol. The molecular formula is C50H94N6O6. The molecule has 0 saturated carbocycles. The molecule has 5 aliphatic rings. The van der Waals surface area contributed by atoms with E-state index in [2.05, 4.69) is 27.5 Å². The maximum absolute atomic E-state index is 11.7. The van der Waals surface area contributed by atoms with Gasteiger partial charge in [-0.2, -0.15) is 0 Å². The number of carbonyl (C=O) groups is 6. The predicted octanol–water partition coefficient (Wildman–Crippen LogP) is 6.93.